The molecule has 4 rings (SSSR count). The number of hydrogen-bond acceptors (Lipinski definition) is 5. The third-order valence-corrected chi connectivity index (χ3v) is 4.46. The summed E-state index contributed by atoms with van der Waals surface area (Å²) < 4.78 is 5.33. The van der Waals surface area contributed by atoms with Crippen LogP contribution in [0.15, 0.2) is 24.5 Å². The van der Waals surface area contributed by atoms with E-state index in [0.717, 1.165) is 49.8 Å². The normalized spacial score (nSPS) is 18.6. The predicted octanol–water partition coefficient (Wildman–Crippen LogP) is 2.48. The summed E-state index contributed by atoms with van der Waals surface area (Å²) in [5.41, 5.74) is 3.74. The molecule has 0 amide bonds. The molecule has 0 saturated carbocycles. The van der Waals surface area contributed by atoms with Crippen LogP contribution in [0.2, 0.25) is 0 Å². The lowest BCUT2D eigenvalue weighted by Crippen LogP contribution is -2.45. The van der Waals surface area contributed by atoms with Gasteiger partial charge in [-0.1, -0.05) is 6.92 Å². The minimum absolute atomic E-state index is 0.229. The van der Waals surface area contributed by atoms with Gasteiger partial charge in [0.1, 0.15) is 5.82 Å². The second kappa shape index (κ2) is 5.32. The summed E-state index contributed by atoms with van der Waals surface area (Å²) >= 11 is 0. The molecule has 22 heavy (non-hydrogen) atoms. The molecule has 1 N–H and O–H groups in total. The van der Waals surface area contributed by atoms with Gasteiger partial charge < -0.3 is 10.1 Å². The van der Waals surface area contributed by atoms with Gasteiger partial charge in [-0.2, -0.15) is 0 Å². The summed E-state index contributed by atoms with van der Waals surface area (Å²) in [6.45, 7) is 4.79. The maximum absolute atomic E-state index is 5.33. The molecule has 0 aromatic carbocycles. The number of anilines is 1. The average molecular weight is 296 g/mol. The molecule has 1 saturated heterocycles. The van der Waals surface area contributed by atoms with E-state index in [-0.39, 0.29) is 5.41 Å². The zero-order chi connectivity index (χ0) is 15.0. The van der Waals surface area contributed by atoms with Crippen molar-refractivity contribution >= 4 is 5.82 Å². The number of nitrogens with one attached hydrogen (secondary N) is 1. The van der Waals surface area contributed by atoms with E-state index in [4.69, 9.17) is 14.7 Å². The van der Waals surface area contributed by atoms with Crippen molar-refractivity contribution in [1.82, 2.24) is 15.0 Å². The van der Waals surface area contributed by atoms with E-state index in [1.54, 1.807) is 12.4 Å². The van der Waals surface area contributed by atoms with Crippen LogP contribution in [-0.4, -0.2) is 34.7 Å². The first-order valence-electron chi connectivity index (χ1n) is 7.85. The van der Waals surface area contributed by atoms with Crippen LogP contribution < -0.4 is 5.32 Å². The van der Waals surface area contributed by atoms with Crippen LogP contribution in [0.4, 0.5) is 5.82 Å². The maximum Gasteiger partial charge on any atom is 0.161 e. The zero-order valence-corrected chi connectivity index (χ0v) is 12.8. The Kier molecular flexibility index (Phi) is 3.30. The van der Waals surface area contributed by atoms with Crippen LogP contribution in [0, 0.1) is 5.41 Å². The molecule has 2 aliphatic rings. The number of rotatable bonds is 4. The molecular formula is C17H20N4O. The number of aromatic nitrogens is 3. The smallest absolute Gasteiger partial charge is 0.161 e. The first-order chi connectivity index (χ1) is 10.7. The summed E-state index contributed by atoms with van der Waals surface area (Å²) in [5, 5.41) is 3.55. The minimum atomic E-state index is 0.229. The first-order valence-corrected chi connectivity index (χ1v) is 7.85. The molecule has 0 bridgehead atoms. The van der Waals surface area contributed by atoms with Gasteiger partial charge in [-0.15, -0.1) is 0 Å². The number of ether oxygens (including phenoxy) is 1. The van der Waals surface area contributed by atoms with Crippen LogP contribution in [0.3, 0.4) is 0 Å². The second-order valence-corrected chi connectivity index (χ2v) is 6.57. The first kappa shape index (κ1) is 13.6. The molecule has 2 aromatic heterocycles. The van der Waals surface area contributed by atoms with Gasteiger partial charge in [-0.3, -0.25) is 4.98 Å². The van der Waals surface area contributed by atoms with E-state index >= 15 is 0 Å². The molecule has 0 radical (unpaired) electrons. The topological polar surface area (TPSA) is 59.9 Å². The predicted molar refractivity (Wildman–Crippen MR) is 84.7 cm³/mol. The number of aryl methyl sites for hydroxylation is 1. The molecule has 3 heterocycles. The summed E-state index contributed by atoms with van der Waals surface area (Å²) in [6, 6.07) is 3.92. The third-order valence-electron chi connectivity index (χ3n) is 4.46. The standard InChI is InChI=1S/C17H20N4O/c1-17(10-22-11-17)9-19-16-13-3-2-4-14(13)20-15(21-16)12-5-7-18-8-6-12/h5-8H,2-4,9-11H2,1H3,(H,19,20,21). The van der Waals surface area contributed by atoms with E-state index in [0.29, 0.717) is 0 Å². The van der Waals surface area contributed by atoms with E-state index in [1.807, 2.05) is 12.1 Å². The number of pyridine rings is 1. The van der Waals surface area contributed by atoms with Crippen molar-refractivity contribution < 1.29 is 4.74 Å². The molecule has 1 aliphatic carbocycles. The van der Waals surface area contributed by atoms with Gasteiger partial charge in [0.2, 0.25) is 0 Å². The Morgan fingerprint density at radius 1 is 1.18 bits per heavy atom. The molecular weight excluding hydrogens is 276 g/mol. The largest absolute Gasteiger partial charge is 0.380 e. The van der Waals surface area contributed by atoms with Gasteiger partial charge in [-0.05, 0) is 31.4 Å². The fourth-order valence-corrected chi connectivity index (χ4v) is 3.06. The Labute approximate surface area is 130 Å². The molecule has 0 unspecified atom stereocenters. The highest BCUT2D eigenvalue weighted by molar-refractivity contribution is 5.60. The van der Waals surface area contributed by atoms with Crippen molar-refractivity contribution in [3.05, 3.63) is 35.8 Å². The molecule has 5 heteroatoms. The molecule has 1 aliphatic heterocycles. The zero-order valence-electron chi connectivity index (χ0n) is 12.8. The molecule has 2 aromatic rings. The molecule has 0 atom stereocenters. The Morgan fingerprint density at radius 2 is 2.00 bits per heavy atom. The van der Waals surface area contributed by atoms with E-state index < -0.39 is 0 Å². The Bertz CT molecular complexity index is 683. The lowest BCUT2D eigenvalue weighted by atomic mass is 9.89. The van der Waals surface area contributed by atoms with Gasteiger partial charge in [0.15, 0.2) is 5.82 Å². The van der Waals surface area contributed by atoms with Crippen LogP contribution >= 0.6 is 0 Å². The summed E-state index contributed by atoms with van der Waals surface area (Å²) in [7, 11) is 0. The van der Waals surface area contributed by atoms with Crippen molar-refractivity contribution in [2.45, 2.75) is 26.2 Å². The van der Waals surface area contributed by atoms with Crippen molar-refractivity contribution in [1.29, 1.82) is 0 Å². The molecule has 0 spiro atoms. The molecule has 1 fully saturated rings. The second-order valence-electron chi connectivity index (χ2n) is 6.57. The Hall–Kier alpha value is -2.01. The van der Waals surface area contributed by atoms with E-state index in [2.05, 4.69) is 17.2 Å². The monoisotopic (exact) mass is 296 g/mol. The van der Waals surface area contributed by atoms with Gasteiger partial charge in [0, 0.05) is 41.2 Å². The number of hydrogen-bond donors (Lipinski definition) is 1. The highest BCUT2D eigenvalue weighted by atomic mass is 16.5. The van der Waals surface area contributed by atoms with Gasteiger partial charge in [0.25, 0.3) is 0 Å². The number of nitrogens with zero attached hydrogens (tertiary/aromatic N) is 3. The average Bonchev–Trinajstić information content (AvgIpc) is 3.00. The van der Waals surface area contributed by atoms with Gasteiger partial charge >= 0.3 is 0 Å². The Morgan fingerprint density at radius 3 is 2.73 bits per heavy atom. The van der Waals surface area contributed by atoms with Gasteiger partial charge in [-0.25, -0.2) is 9.97 Å². The number of fused-ring (bicyclic) bond motifs is 1. The van der Waals surface area contributed by atoms with E-state index in [1.165, 1.54) is 17.7 Å². The highest BCUT2D eigenvalue weighted by Crippen LogP contribution is 2.31. The Balaban J connectivity index is 1.66. The van der Waals surface area contributed by atoms with Crippen LogP contribution in [-0.2, 0) is 17.6 Å². The highest BCUT2D eigenvalue weighted by Gasteiger charge is 2.33. The van der Waals surface area contributed by atoms with Crippen LogP contribution in [0.1, 0.15) is 24.6 Å². The maximum atomic E-state index is 5.33. The quantitative estimate of drug-likeness (QED) is 0.939. The molecule has 114 valence electrons. The minimum Gasteiger partial charge on any atom is -0.380 e. The van der Waals surface area contributed by atoms with Gasteiger partial charge in [0.05, 0.1) is 13.2 Å². The van der Waals surface area contributed by atoms with Crippen LogP contribution in [0.25, 0.3) is 11.4 Å². The lowest BCUT2D eigenvalue weighted by Gasteiger charge is -2.38. The summed E-state index contributed by atoms with van der Waals surface area (Å²) in [6.07, 6.45) is 6.85. The lowest BCUT2D eigenvalue weighted by molar-refractivity contribution is -0.0924. The SMILES string of the molecule is CC1(CNc2nc(-c3ccncc3)nc3c2CCC3)COC1. The van der Waals surface area contributed by atoms with Crippen molar-refractivity contribution in [3.8, 4) is 11.4 Å². The van der Waals surface area contributed by atoms with Crippen molar-refractivity contribution in [3.63, 3.8) is 0 Å². The fourth-order valence-electron chi connectivity index (χ4n) is 3.06. The summed E-state index contributed by atoms with van der Waals surface area (Å²) in [4.78, 5) is 13.6. The summed E-state index contributed by atoms with van der Waals surface area (Å²) in [5.74, 6) is 1.79. The van der Waals surface area contributed by atoms with Crippen molar-refractivity contribution in [2.24, 2.45) is 5.41 Å². The molecule has 5 nitrogen and oxygen atoms in total. The van der Waals surface area contributed by atoms with Crippen molar-refractivity contribution in [2.75, 3.05) is 25.1 Å². The fraction of sp³-hybridized carbons (Fsp3) is 0.471. The third kappa shape index (κ3) is 2.46. The van der Waals surface area contributed by atoms with Crippen LogP contribution in [0.5, 0.6) is 0 Å². The van der Waals surface area contributed by atoms with E-state index in [9.17, 15) is 0 Å².